The van der Waals surface area contributed by atoms with Crippen molar-refractivity contribution in [3.8, 4) is 11.4 Å². The van der Waals surface area contributed by atoms with Crippen molar-refractivity contribution in [2.45, 2.75) is 12.4 Å². The summed E-state index contributed by atoms with van der Waals surface area (Å²) >= 11 is 2.70. The number of carboxylic acid groups (broad SMARTS) is 1. The monoisotopic (exact) mass is 429 g/mol. The van der Waals surface area contributed by atoms with E-state index < -0.39 is 40.8 Å². The van der Waals surface area contributed by atoms with Crippen molar-refractivity contribution >= 4 is 28.1 Å². The Morgan fingerprint density at radius 1 is 1.08 bits per heavy atom. The zero-order valence-electron chi connectivity index (χ0n) is 11.7. The molecule has 0 amide bonds. The lowest BCUT2D eigenvalue weighted by Gasteiger charge is -2.13. The molecule has 1 heterocycles. The minimum atomic E-state index is -5.00. The standard InChI is InChI=1S/C13H6BrF6N3O2/c14-9(11(24)25)4-23-5-21-10(22-23)6-1-7(12(15,16)17)3-8(2-6)13(18,19)20/h1-5H,(H,24,25)/b9-4+. The number of alkyl halides is 6. The fourth-order valence-corrected chi connectivity index (χ4v) is 1.93. The van der Waals surface area contributed by atoms with Crippen LogP contribution in [0.4, 0.5) is 26.3 Å². The average Bonchev–Trinajstić information content (AvgIpc) is 2.93. The lowest BCUT2D eigenvalue weighted by molar-refractivity contribution is -0.143. The fraction of sp³-hybridized carbons (Fsp3) is 0.154. The van der Waals surface area contributed by atoms with E-state index in [1.807, 2.05) is 0 Å². The van der Waals surface area contributed by atoms with Gasteiger partial charge in [0.15, 0.2) is 5.82 Å². The molecular formula is C13H6BrF6N3O2. The molecule has 0 radical (unpaired) electrons. The number of rotatable bonds is 3. The Labute approximate surface area is 143 Å². The molecule has 25 heavy (non-hydrogen) atoms. The summed E-state index contributed by atoms with van der Waals surface area (Å²) < 4.78 is 77.4. The van der Waals surface area contributed by atoms with Crippen LogP contribution in [0.1, 0.15) is 11.1 Å². The summed E-state index contributed by atoms with van der Waals surface area (Å²) in [6.45, 7) is 0. The molecule has 0 saturated carbocycles. The molecule has 0 aliphatic rings. The smallest absolute Gasteiger partial charge is 0.416 e. The molecule has 0 unspecified atom stereocenters. The maximum absolute atomic E-state index is 12.8. The van der Waals surface area contributed by atoms with E-state index in [1.54, 1.807) is 0 Å². The van der Waals surface area contributed by atoms with E-state index in [1.165, 1.54) is 0 Å². The van der Waals surface area contributed by atoms with Crippen molar-refractivity contribution < 1.29 is 36.2 Å². The third-order valence-corrected chi connectivity index (χ3v) is 3.35. The predicted octanol–water partition coefficient (Wildman–Crippen LogP) is 4.26. The summed E-state index contributed by atoms with van der Waals surface area (Å²) in [5.41, 5.74) is -3.52. The van der Waals surface area contributed by atoms with Crippen LogP contribution in [0.15, 0.2) is 29.0 Å². The molecule has 0 spiro atoms. The van der Waals surface area contributed by atoms with Gasteiger partial charge in [-0.05, 0) is 34.1 Å². The van der Waals surface area contributed by atoms with Crippen molar-refractivity contribution in [2.24, 2.45) is 0 Å². The van der Waals surface area contributed by atoms with Gasteiger partial charge in [-0.25, -0.2) is 14.5 Å². The van der Waals surface area contributed by atoms with Crippen molar-refractivity contribution in [3.05, 3.63) is 40.1 Å². The maximum atomic E-state index is 12.8. The number of nitrogens with zero attached hydrogens (tertiary/aromatic N) is 3. The van der Waals surface area contributed by atoms with Crippen LogP contribution in [0.5, 0.6) is 0 Å². The van der Waals surface area contributed by atoms with Gasteiger partial charge in [-0.2, -0.15) is 26.3 Å². The van der Waals surface area contributed by atoms with Crippen LogP contribution in [0.25, 0.3) is 17.6 Å². The molecule has 1 N–H and O–H groups in total. The second-order valence-electron chi connectivity index (χ2n) is 4.62. The highest BCUT2D eigenvalue weighted by Crippen LogP contribution is 2.38. The van der Waals surface area contributed by atoms with E-state index in [-0.39, 0.29) is 10.5 Å². The molecule has 12 heteroatoms. The van der Waals surface area contributed by atoms with Gasteiger partial charge in [-0.15, -0.1) is 5.10 Å². The molecule has 0 aliphatic heterocycles. The molecule has 5 nitrogen and oxygen atoms in total. The van der Waals surface area contributed by atoms with Crippen LogP contribution < -0.4 is 0 Å². The van der Waals surface area contributed by atoms with Crippen molar-refractivity contribution in [1.29, 1.82) is 0 Å². The number of benzene rings is 1. The zero-order chi connectivity index (χ0) is 19.0. The minimum absolute atomic E-state index is 0.0125. The molecule has 0 atom stereocenters. The number of halogens is 7. The van der Waals surface area contributed by atoms with Crippen molar-refractivity contribution in [2.75, 3.05) is 0 Å². The van der Waals surface area contributed by atoms with Gasteiger partial charge >= 0.3 is 18.3 Å². The van der Waals surface area contributed by atoms with Gasteiger partial charge in [0.05, 0.1) is 17.3 Å². The molecule has 2 aromatic rings. The molecule has 0 aliphatic carbocycles. The van der Waals surface area contributed by atoms with Crippen LogP contribution >= 0.6 is 15.9 Å². The van der Waals surface area contributed by atoms with E-state index in [0.29, 0.717) is 12.1 Å². The van der Waals surface area contributed by atoms with Gasteiger partial charge in [0.2, 0.25) is 0 Å². The van der Waals surface area contributed by atoms with Gasteiger partial charge in [0.1, 0.15) is 10.8 Å². The molecule has 1 aromatic heterocycles. The van der Waals surface area contributed by atoms with Crippen LogP contribution in [0, 0.1) is 0 Å². The second kappa shape index (κ2) is 6.50. The number of carbonyl (C=O) groups is 1. The Morgan fingerprint density at radius 3 is 2.04 bits per heavy atom. The van der Waals surface area contributed by atoms with Gasteiger partial charge in [0, 0.05) is 5.56 Å². The van der Waals surface area contributed by atoms with Gasteiger partial charge in [-0.1, -0.05) is 0 Å². The Morgan fingerprint density at radius 2 is 1.60 bits per heavy atom. The highest BCUT2D eigenvalue weighted by Gasteiger charge is 2.37. The van der Waals surface area contributed by atoms with Gasteiger partial charge in [-0.3, -0.25) is 0 Å². The largest absolute Gasteiger partial charge is 0.477 e. The van der Waals surface area contributed by atoms with Crippen LogP contribution in [0.3, 0.4) is 0 Å². The highest BCUT2D eigenvalue weighted by atomic mass is 79.9. The maximum Gasteiger partial charge on any atom is 0.416 e. The number of aromatic nitrogens is 3. The third-order valence-electron chi connectivity index (χ3n) is 2.80. The molecule has 134 valence electrons. The summed E-state index contributed by atoms with van der Waals surface area (Å²) in [6, 6.07) is 0.942. The molecular weight excluding hydrogens is 424 g/mol. The fourth-order valence-electron chi connectivity index (χ4n) is 1.72. The first kappa shape index (κ1) is 19.0. The van der Waals surface area contributed by atoms with Crippen molar-refractivity contribution in [1.82, 2.24) is 14.8 Å². The van der Waals surface area contributed by atoms with Crippen LogP contribution in [0.2, 0.25) is 0 Å². The Balaban J connectivity index is 2.54. The molecule has 0 fully saturated rings. The lowest BCUT2D eigenvalue weighted by atomic mass is 10.0. The Kier molecular flexibility index (Phi) is 4.93. The quantitative estimate of drug-likeness (QED) is 0.584. The first-order chi connectivity index (χ1) is 11.4. The summed E-state index contributed by atoms with van der Waals surface area (Å²) in [7, 11) is 0. The Bertz CT molecular complexity index is 809. The van der Waals surface area contributed by atoms with E-state index in [2.05, 4.69) is 26.0 Å². The number of carboxylic acids is 1. The third kappa shape index (κ3) is 4.59. The molecule has 0 saturated heterocycles. The average molecular weight is 430 g/mol. The number of hydrogen-bond acceptors (Lipinski definition) is 3. The number of hydrogen-bond donors (Lipinski definition) is 1. The highest BCUT2D eigenvalue weighted by molar-refractivity contribution is 9.12. The normalized spacial score (nSPS) is 13.2. The van der Waals surface area contributed by atoms with Crippen LogP contribution in [-0.2, 0) is 17.1 Å². The minimum Gasteiger partial charge on any atom is -0.477 e. The predicted molar refractivity (Wildman–Crippen MR) is 76.3 cm³/mol. The van der Waals surface area contributed by atoms with Crippen LogP contribution in [-0.4, -0.2) is 25.8 Å². The SMILES string of the molecule is O=C(O)/C(Br)=C\n1cnc(-c2cc(C(F)(F)F)cc(C(F)(F)F)c2)n1. The van der Waals surface area contributed by atoms with Crippen molar-refractivity contribution in [3.63, 3.8) is 0 Å². The Hall–Kier alpha value is -2.37. The summed E-state index contributed by atoms with van der Waals surface area (Å²) in [5.74, 6) is -1.78. The first-order valence-electron chi connectivity index (χ1n) is 6.19. The first-order valence-corrected chi connectivity index (χ1v) is 6.99. The van der Waals surface area contributed by atoms with E-state index >= 15 is 0 Å². The summed E-state index contributed by atoms with van der Waals surface area (Å²) in [6.07, 6.45) is -8.13. The molecule has 1 aromatic carbocycles. The number of aliphatic carboxylic acids is 1. The van der Waals surface area contributed by atoms with Gasteiger partial charge in [0.25, 0.3) is 0 Å². The van der Waals surface area contributed by atoms with E-state index in [0.717, 1.165) is 17.2 Å². The zero-order valence-corrected chi connectivity index (χ0v) is 13.3. The summed E-state index contributed by atoms with van der Waals surface area (Å²) in [5, 5.41) is 12.3. The van der Waals surface area contributed by atoms with E-state index in [9.17, 15) is 31.1 Å². The topological polar surface area (TPSA) is 68.0 Å². The van der Waals surface area contributed by atoms with Gasteiger partial charge < -0.3 is 5.11 Å². The molecule has 2 rings (SSSR count). The molecule has 0 bridgehead atoms. The summed E-state index contributed by atoms with van der Waals surface area (Å²) in [4.78, 5) is 14.3. The second-order valence-corrected chi connectivity index (χ2v) is 5.48. The lowest BCUT2D eigenvalue weighted by Crippen LogP contribution is -2.11. The van der Waals surface area contributed by atoms with E-state index in [4.69, 9.17) is 5.11 Å².